The number of aromatic nitrogens is 1. The van der Waals surface area contributed by atoms with E-state index in [-0.39, 0.29) is 12.3 Å². The molecule has 0 atom stereocenters. The lowest BCUT2D eigenvalue weighted by molar-refractivity contribution is 0.0601. The van der Waals surface area contributed by atoms with Gasteiger partial charge in [0.05, 0.1) is 18.2 Å². The lowest BCUT2D eigenvalue weighted by Crippen LogP contribution is -2.17. The number of esters is 1. The second-order valence-electron chi connectivity index (χ2n) is 7.91. The third kappa shape index (κ3) is 4.14. The maximum absolute atomic E-state index is 13.1. The number of carbonyl (C=O) groups is 2. The Labute approximate surface area is 190 Å². The highest BCUT2D eigenvalue weighted by atomic mass is 32.1. The van der Waals surface area contributed by atoms with Gasteiger partial charge in [-0.1, -0.05) is 17.3 Å². The number of benzene rings is 1. The molecule has 1 N–H and O–H groups in total. The molecule has 4 rings (SSSR count). The number of thiophene rings is 1. The molecular formula is C24H26N2O5S. The van der Waals surface area contributed by atoms with Crippen LogP contribution in [0.2, 0.25) is 0 Å². The van der Waals surface area contributed by atoms with Crippen molar-refractivity contribution >= 4 is 28.2 Å². The standard InChI is InChI=1S/C24H26N2O5S/c1-13-8-7-10-18(14(13)2)30-12-17-15(3)31-26-21(17)22(27)25-23-20(24(28)29-4)16-9-5-6-11-19(16)32-23/h7-8,10H,5-6,9,11-12H2,1-4H3,(H,25,27). The Morgan fingerprint density at radius 1 is 1.19 bits per heavy atom. The Hall–Kier alpha value is -3.13. The fourth-order valence-corrected chi connectivity index (χ4v) is 5.18. The quantitative estimate of drug-likeness (QED) is 0.518. The number of methoxy groups -OCH3 is 1. The molecule has 0 saturated carbocycles. The zero-order chi connectivity index (χ0) is 22.8. The van der Waals surface area contributed by atoms with Gasteiger partial charge in [-0.15, -0.1) is 11.3 Å². The van der Waals surface area contributed by atoms with Crippen LogP contribution >= 0.6 is 11.3 Å². The first-order chi connectivity index (χ1) is 15.4. The summed E-state index contributed by atoms with van der Waals surface area (Å²) in [5, 5.41) is 7.33. The van der Waals surface area contributed by atoms with E-state index in [4.69, 9.17) is 14.0 Å². The van der Waals surface area contributed by atoms with Crippen molar-refractivity contribution in [3.63, 3.8) is 0 Å². The van der Waals surface area contributed by atoms with Crippen LogP contribution in [0.25, 0.3) is 0 Å². The Balaban J connectivity index is 1.58. The van der Waals surface area contributed by atoms with Crippen molar-refractivity contribution in [2.45, 2.75) is 53.1 Å². The number of hydrogen-bond donors (Lipinski definition) is 1. The third-order valence-electron chi connectivity index (χ3n) is 5.91. The van der Waals surface area contributed by atoms with Gasteiger partial charge < -0.3 is 19.3 Å². The van der Waals surface area contributed by atoms with Crippen molar-refractivity contribution < 1.29 is 23.6 Å². The van der Waals surface area contributed by atoms with Gasteiger partial charge in [-0.25, -0.2) is 4.79 Å². The third-order valence-corrected chi connectivity index (χ3v) is 7.12. The van der Waals surface area contributed by atoms with Crippen molar-refractivity contribution in [2.24, 2.45) is 0 Å². The largest absolute Gasteiger partial charge is 0.488 e. The van der Waals surface area contributed by atoms with Gasteiger partial charge >= 0.3 is 5.97 Å². The molecule has 2 aromatic heterocycles. The summed E-state index contributed by atoms with van der Waals surface area (Å²) in [4.78, 5) is 26.7. The molecule has 7 nitrogen and oxygen atoms in total. The minimum Gasteiger partial charge on any atom is -0.488 e. The van der Waals surface area contributed by atoms with Crippen molar-refractivity contribution in [1.29, 1.82) is 0 Å². The van der Waals surface area contributed by atoms with Crippen LogP contribution in [-0.4, -0.2) is 24.1 Å². The molecule has 168 valence electrons. The van der Waals surface area contributed by atoms with Crippen molar-refractivity contribution in [2.75, 3.05) is 12.4 Å². The summed E-state index contributed by atoms with van der Waals surface area (Å²) in [7, 11) is 1.35. The molecule has 1 aliphatic carbocycles. The number of anilines is 1. The maximum atomic E-state index is 13.1. The van der Waals surface area contributed by atoms with Crippen molar-refractivity contribution in [1.82, 2.24) is 5.16 Å². The van der Waals surface area contributed by atoms with E-state index in [0.717, 1.165) is 53.0 Å². The molecule has 2 heterocycles. The maximum Gasteiger partial charge on any atom is 0.341 e. The highest BCUT2D eigenvalue weighted by molar-refractivity contribution is 7.17. The number of nitrogens with one attached hydrogen (secondary N) is 1. The van der Waals surface area contributed by atoms with Crippen LogP contribution in [0.3, 0.4) is 0 Å². The van der Waals surface area contributed by atoms with E-state index in [2.05, 4.69) is 10.5 Å². The van der Waals surface area contributed by atoms with Gasteiger partial charge in [0.1, 0.15) is 23.1 Å². The van der Waals surface area contributed by atoms with Crippen LogP contribution < -0.4 is 10.1 Å². The second kappa shape index (κ2) is 9.16. The smallest absolute Gasteiger partial charge is 0.341 e. The van der Waals surface area contributed by atoms with Crippen molar-refractivity contribution in [3.05, 3.63) is 62.3 Å². The predicted molar refractivity (Wildman–Crippen MR) is 122 cm³/mol. The van der Waals surface area contributed by atoms with Crippen LogP contribution in [-0.2, 0) is 24.2 Å². The molecule has 3 aromatic rings. The molecule has 32 heavy (non-hydrogen) atoms. The van der Waals surface area contributed by atoms with E-state index in [1.54, 1.807) is 6.92 Å². The number of carbonyl (C=O) groups excluding carboxylic acids is 2. The second-order valence-corrected chi connectivity index (χ2v) is 9.02. The lowest BCUT2D eigenvalue weighted by atomic mass is 9.95. The molecule has 0 bridgehead atoms. The van der Waals surface area contributed by atoms with Crippen LogP contribution in [0.15, 0.2) is 22.7 Å². The molecule has 0 unspecified atom stereocenters. The zero-order valence-corrected chi connectivity index (χ0v) is 19.5. The molecule has 1 aliphatic rings. The first-order valence-corrected chi connectivity index (χ1v) is 11.4. The fourth-order valence-electron chi connectivity index (χ4n) is 3.90. The number of hydrogen-bond acceptors (Lipinski definition) is 7. The summed E-state index contributed by atoms with van der Waals surface area (Å²) < 4.78 is 16.3. The monoisotopic (exact) mass is 454 g/mol. The number of amides is 1. The lowest BCUT2D eigenvalue weighted by Gasteiger charge is -2.12. The van der Waals surface area contributed by atoms with E-state index in [0.29, 0.717) is 21.9 Å². The molecule has 8 heteroatoms. The van der Waals surface area contributed by atoms with Gasteiger partial charge in [-0.2, -0.15) is 0 Å². The average molecular weight is 455 g/mol. The highest BCUT2D eigenvalue weighted by Gasteiger charge is 2.29. The molecule has 1 aromatic carbocycles. The zero-order valence-electron chi connectivity index (χ0n) is 18.7. The fraction of sp³-hybridized carbons (Fsp3) is 0.375. The molecule has 0 radical (unpaired) electrons. The molecule has 0 aliphatic heterocycles. The summed E-state index contributed by atoms with van der Waals surface area (Å²) >= 11 is 1.43. The van der Waals surface area contributed by atoms with Crippen LogP contribution in [0.4, 0.5) is 5.00 Å². The van der Waals surface area contributed by atoms with Gasteiger partial charge in [-0.05, 0) is 69.2 Å². The van der Waals surface area contributed by atoms with Crippen molar-refractivity contribution in [3.8, 4) is 5.75 Å². The Morgan fingerprint density at radius 3 is 2.75 bits per heavy atom. The first kappa shape index (κ1) is 22.1. The van der Waals surface area contributed by atoms with Crippen LogP contribution in [0, 0.1) is 20.8 Å². The Morgan fingerprint density at radius 2 is 1.97 bits per heavy atom. The summed E-state index contributed by atoms with van der Waals surface area (Å²) in [6.45, 7) is 5.90. The minimum atomic E-state index is -0.440. The van der Waals surface area contributed by atoms with E-state index in [9.17, 15) is 9.59 Å². The minimum absolute atomic E-state index is 0.146. The topological polar surface area (TPSA) is 90.7 Å². The van der Waals surface area contributed by atoms with E-state index in [1.807, 2.05) is 32.0 Å². The van der Waals surface area contributed by atoms with Gasteiger partial charge in [0.15, 0.2) is 5.69 Å². The highest BCUT2D eigenvalue weighted by Crippen LogP contribution is 2.39. The molecular weight excluding hydrogens is 428 g/mol. The van der Waals surface area contributed by atoms with E-state index >= 15 is 0 Å². The number of fused-ring (bicyclic) bond motifs is 1. The molecule has 0 saturated heterocycles. The molecule has 1 amide bonds. The first-order valence-electron chi connectivity index (χ1n) is 10.6. The summed E-state index contributed by atoms with van der Waals surface area (Å²) in [6, 6.07) is 5.84. The van der Waals surface area contributed by atoms with Crippen LogP contribution in [0.1, 0.15) is 66.6 Å². The number of aryl methyl sites for hydroxylation is 3. The predicted octanol–water partition coefficient (Wildman–Crippen LogP) is 5.16. The number of nitrogens with zero attached hydrogens (tertiary/aromatic N) is 1. The van der Waals surface area contributed by atoms with Gasteiger partial charge in [0.2, 0.25) is 0 Å². The summed E-state index contributed by atoms with van der Waals surface area (Å²) in [5.41, 5.74) is 4.32. The van der Waals surface area contributed by atoms with Gasteiger partial charge in [0.25, 0.3) is 5.91 Å². The SMILES string of the molecule is COC(=O)c1c(NC(=O)c2noc(C)c2COc2cccc(C)c2C)sc2c1CCCC2. The number of ether oxygens (including phenoxy) is 2. The number of rotatable bonds is 6. The Kier molecular flexibility index (Phi) is 6.32. The van der Waals surface area contributed by atoms with Gasteiger partial charge in [-0.3, -0.25) is 4.79 Å². The normalized spacial score (nSPS) is 12.9. The van der Waals surface area contributed by atoms with E-state index < -0.39 is 11.9 Å². The summed E-state index contributed by atoms with van der Waals surface area (Å²) in [6.07, 6.45) is 3.80. The average Bonchev–Trinajstić information content (AvgIpc) is 3.34. The molecule has 0 spiro atoms. The molecule has 0 fully saturated rings. The van der Waals surface area contributed by atoms with Crippen LogP contribution in [0.5, 0.6) is 5.75 Å². The Bertz CT molecular complexity index is 1180. The van der Waals surface area contributed by atoms with Gasteiger partial charge in [0, 0.05) is 4.88 Å². The summed E-state index contributed by atoms with van der Waals surface area (Å²) in [5.74, 6) is 0.384. The van der Waals surface area contributed by atoms with E-state index in [1.165, 1.54) is 18.4 Å².